The molecule has 0 amide bonds. The minimum atomic E-state index is -0.438. The first-order valence-corrected chi connectivity index (χ1v) is 6.95. The van der Waals surface area contributed by atoms with Gasteiger partial charge in [0.15, 0.2) is 0 Å². The molecule has 21 heavy (non-hydrogen) atoms. The predicted octanol–water partition coefficient (Wildman–Crippen LogP) is 3.73. The van der Waals surface area contributed by atoms with Crippen molar-refractivity contribution in [2.24, 2.45) is 0 Å². The summed E-state index contributed by atoms with van der Waals surface area (Å²) in [6, 6.07) is 16.4. The molecule has 2 aromatic carbocycles. The number of Topliss-reactive ketones (excluding diaryl/α,β-unsaturated/α-hetero) is 1. The van der Waals surface area contributed by atoms with Gasteiger partial charge in [-0.1, -0.05) is 48.5 Å². The fourth-order valence-corrected chi connectivity index (χ4v) is 2.27. The second kappa shape index (κ2) is 7.33. The van der Waals surface area contributed by atoms with Crippen LogP contribution in [0.1, 0.15) is 24.0 Å². The van der Waals surface area contributed by atoms with Crippen LogP contribution in [-0.2, 0) is 17.6 Å². The Labute approximate surface area is 123 Å². The predicted molar refractivity (Wildman–Crippen MR) is 81.2 cm³/mol. The Bertz CT molecular complexity index is 623. The highest BCUT2D eigenvalue weighted by Gasteiger charge is 2.15. The molecule has 0 fully saturated rings. The van der Waals surface area contributed by atoms with Crippen molar-refractivity contribution in [3.05, 3.63) is 75.8 Å². The molecule has 0 unspecified atom stereocenters. The first-order chi connectivity index (χ1) is 10.2. The van der Waals surface area contributed by atoms with Gasteiger partial charge in [0.1, 0.15) is 5.78 Å². The minimum absolute atomic E-state index is 0.0221. The van der Waals surface area contributed by atoms with E-state index in [9.17, 15) is 14.9 Å². The molecule has 108 valence electrons. The lowest BCUT2D eigenvalue weighted by Gasteiger charge is -2.03. The van der Waals surface area contributed by atoms with E-state index in [0.717, 1.165) is 12.8 Å². The number of hydrogen-bond acceptors (Lipinski definition) is 3. The van der Waals surface area contributed by atoms with E-state index in [-0.39, 0.29) is 17.9 Å². The van der Waals surface area contributed by atoms with E-state index in [0.29, 0.717) is 12.0 Å². The number of nitro groups is 1. The van der Waals surface area contributed by atoms with Gasteiger partial charge in [-0.25, -0.2) is 0 Å². The molecule has 0 saturated heterocycles. The zero-order valence-corrected chi connectivity index (χ0v) is 11.7. The number of nitrogens with zero attached hydrogens (tertiary/aromatic N) is 1. The van der Waals surface area contributed by atoms with Crippen molar-refractivity contribution < 1.29 is 9.72 Å². The monoisotopic (exact) mass is 283 g/mol. The Morgan fingerprint density at radius 2 is 1.67 bits per heavy atom. The number of nitro benzene ring substituents is 1. The Hall–Kier alpha value is -2.49. The number of ketones is 1. The van der Waals surface area contributed by atoms with Gasteiger partial charge >= 0.3 is 0 Å². The van der Waals surface area contributed by atoms with E-state index in [2.05, 4.69) is 0 Å². The lowest BCUT2D eigenvalue weighted by molar-refractivity contribution is -0.385. The zero-order valence-electron chi connectivity index (χ0n) is 11.7. The van der Waals surface area contributed by atoms with E-state index >= 15 is 0 Å². The van der Waals surface area contributed by atoms with Gasteiger partial charge in [-0.15, -0.1) is 0 Å². The first kappa shape index (κ1) is 14.9. The van der Waals surface area contributed by atoms with E-state index in [1.165, 1.54) is 11.6 Å². The Kier molecular flexibility index (Phi) is 5.21. The summed E-state index contributed by atoms with van der Waals surface area (Å²) in [6.45, 7) is 0. The highest BCUT2D eigenvalue weighted by molar-refractivity contribution is 5.81. The summed E-state index contributed by atoms with van der Waals surface area (Å²) in [5.74, 6) is 0.0419. The molecular formula is C17H17NO3. The van der Waals surface area contributed by atoms with Gasteiger partial charge in [0.25, 0.3) is 5.69 Å². The van der Waals surface area contributed by atoms with Crippen molar-refractivity contribution in [3.63, 3.8) is 0 Å². The van der Waals surface area contributed by atoms with Gasteiger partial charge in [-0.2, -0.15) is 0 Å². The maximum Gasteiger partial charge on any atom is 0.273 e. The molecular weight excluding hydrogens is 266 g/mol. The van der Waals surface area contributed by atoms with Crippen molar-refractivity contribution in [2.45, 2.75) is 25.7 Å². The van der Waals surface area contributed by atoms with Gasteiger partial charge < -0.3 is 0 Å². The third-order valence-corrected chi connectivity index (χ3v) is 3.34. The number of hydrogen-bond donors (Lipinski definition) is 0. The summed E-state index contributed by atoms with van der Waals surface area (Å²) >= 11 is 0. The number of para-hydroxylation sites is 1. The molecule has 0 N–H and O–H groups in total. The second-order valence-corrected chi connectivity index (χ2v) is 4.94. The molecule has 2 rings (SSSR count). The third kappa shape index (κ3) is 4.53. The number of aryl methyl sites for hydroxylation is 1. The lowest BCUT2D eigenvalue weighted by atomic mass is 10.0. The SMILES string of the molecule is O=C(CCCc1ccccc1)Cc1ccccc1[N+](=O)[O-]. The summed E-state index contributed by atoms with van der Waals surface area (Å²) in [5.41, 5.74) is 1.72. The molecule has 0 saturated carbocycles. The normalized spacial score (nSPS) is 10.3. The molecule has 0 spiro atoms. The molecule has 0 aliphatic heterocycles. The van der Waals surface area contributed by atoms with E-state index < -0.39 is 4.92 Å². The topological polar surface area (TPSA) is 60.2 Å². The van der Waals surface area contributed by atoms with Crippen LogP contribution in [0.3, 0.4) is 0 Å². The second-order valence-electron chi connectivity index (χ2n) is 4.94. The Balaban J connectivity index is 1.86. The van der Waals surface area contributed by atoms with Crippen LogP contribution < -0.4 is 0 Å². The molecule has 0 aliphatic carbocycles. The average molecular weight is 283 g/mol. The third-order valence-electron chi connectivity index (χ3n) is 3.34. The van der Waals surface area contributed by atoms with E-state index in [1.54, 1.807) is 18.2 Å². The number of rotatable bonds is 7. The highest BCUT2D eigenvalue weighted by atomic mass is 16.6. The average Bonchev–Trinajstić information content (AvgIpc) is 2.48. The van der Waals surface area contributed by atoms with Crippen LogP contribution in [0.25, 0.3) is 0 Å². The van der Waals surface area contributed by atoms with Gasteiger partial charge in [0.2, 0.25) is 0 Å². The summed E-state index contributed by atoms with van der Waals surface area (Å²) in [4.78, 5) is 22.4. The van der Waals surface area contributed by atoms with Gasteiger partial charge in [-0.05, 0) is 18.4 Å². The quantitative estimate of drug-likeness (QED) is 0.574. The molecule has 4 nitrogen and oxygen atoms in total. The van der Waals surface area contributed by atoms with Crippen molar-refractivity contribution >= 4 is 11.5 Å². The fraction of sp³-hybridized carbons (Fsp3) is 0.235. The molecule has 4 heteroatoms. The summed E-state index contributed by atoms with van der Waals surface area (Å²) in [6.07, 6.45) is 2.19. The Morgan fingerprint density at radius 1 is 1.00 bits per heavy atom. The largest absolute Gasteiger partial charge is 0.299 e. The lowest BCUT2D eigenvalue weighted by Crippen LogP contribution is -2.05. The molecule has 0 radical (unpaired) electrons. The van der Waals surface area contributed by atoms with E-state index in [4.69, 9.17) is 0 Å². The Morgan fingerprint density at radius 3 is 2.38 bits per heavy atom. The van der Waals surface area contributed by atoms with Crippen molar-refractivity contribution in [1.29, 1.82) is 0 Å². The number of carbonyl (C=O) groups excluding carboxylic acids is 1. The van der Waals surface area contributed by atoms with E-state index in [1.807, 2.05) is 30.3 Å². The molecule has 0 aliphatic rings. The van der Waals surface area contributed by atoms with Crippen LogP contribution >= 0.6 is 0 Å². The summed E-state index contributed by atoms with van der Waals surface area (Å²) in [5, 5.41) is 10.9. The van der Waals surface area contributed by atoms with Crippen molar-refractivity contribution in [1.82, 2.24) is 0 Å². The van der Waals surface area contributed by atoms with Crippen LogP contribution in [-0.4, -0.2) is 10.7 Å². The fourth-order valence-electron chi connectivity index (χ4n) is 2.27. The maximum atomic E-state index is 12.0. The van der Waals surface area contributed by atoms with Crippen LogP contribution in [0.4, 0.5) is 5.69 Å². The minimum Gasteiger partial charge on any atom is -0.299 e. The van der Waals surface area contributed by atoms with Gasteiger partial charge in [0.05, 0.1) is 4.92 Å². The molecule has 2 aromatic rings. The molecule has 0 heterocycles. The smallest absolute Gasteiger partial charge is 0.273 e. The number of benzene rings is 2. The first-order valence-electron chi connectivity index (χ1n) is 6.95. The van der Waals surface area contributed by atoms with Crippen molar-refractivity contribution in [2.75, 3.05) is 0 Å². The maximum absolute atomic E-state index is 12.0. The van der Waals surface area contributed by atoms with Crippen LogP contribution in [0.2, 0.25) is 0 Å². The molecule has 0 atom stereocenters. The highest BCUT2D eigenvalue weighted by Crippen LogP contribution is 2.19. The number of carbonyl (C=O) groups is 1. The van der Waals surface area contributed by atoms with Crippen LogP contribution in [0.15, 0.2) is 54.6 Å². The summed E-state index contributed by atoms with van der Waals surface area (Å²) < 4.78 is 0. The zero-order chi connectivity index (χ0) is 15.1. The van der Waals surface area contributed by atoms with Crippen LogP contribution in [0, 0.1) is 10.1 Å². The van der Waals surface area contributed by atoms with Gasteiger partial charge in [-0.3, -0.25) is 14.9 Å². The molecule has 0 aromatic heterocycles. The van der Waals surface area contributed by atoms with Crippen LogP contribution in [0.5, 0.6) is 0 Å². The standard InChI is InChI=1S/C17H17NO3/c19-16(11-6-9-14-7-2-1-3-8-14)13-15-10-4-5-12-17(15)18(20)21/h1-5,7-8,10,12H,6,9,11,13H2. The molecule has 0 bridgehead atoms. The summed E-state index contributed by atoms with van der Waals surface area (Å²) in [7, 11) is 0. The van der Waals surface area contributed by atoms with Gasteiger partial charge in [0, 0.05) is 24.5 Å². The van der Waals surface area contributed by atoms with Crippen molar-refractivity contribution in [3.8, 4) is 0 Å².